The van der Waals surface area contributed by atoms with Gasteiger partial charge in [-0.1, -0.05) is 12.8 Å². The lowest BCUT2D eigenvalue weighted by molar-refractivity contribution is -0.119. The molecule has 0 aliphatic heterocycles. The average Bonchev–Trinajstić information content (AvgIpc) is 2.17. The minimum absolute atomic E-state index is 0.551. The number of carbonyl (C=O) groups excluding carboxylic acids is 2. The number of urea groups is 1. The van der Waals surface area contributed by atoms with E-state index in [2.05, 4.69) is 16.6 Å². The van der Waals surface area contributed by atoms with E-state index in [1.54, 1.807) is 6.92 Å². The molecule has 15 heavy (non-hydrogen) atoms. The number of nitrogens with one attached hydrogen (secondary N) is 2. The summed E-state index contributed by atoms with van der Waals surface area (Å²) in [4.78, 5) is 22.4. The molecule has 5 heteroatoms. The second kappa shape index (κ2) is 5.62. The summed E-state index contributed by atoms with van der Waals surface area (Å²) in [5.41, 5.74) is -0.750. The maximum absolute atomic E-state index is 11.3. The maximum Gasteiger partial charge on any atom is 0.322 e. The number of terminal acetylenes is 1. The van der Waals surface area contributed by atoms with Crippen molar-refractivity contribution in [1.82, 2.24) is 10.6 Å². The van der Waals surface area contributed by atoms with Crippen molar-refractivity contribution in [2.45, 2.75) is 38.1 Å². The van der Waals surface area contributed by atoms with E-state index < -0.39 is 22.9 Å². The predicted octanol–water partition coefficient (Wildman–Crippen LogP) is 1.24. The Morgan fingerprint density at radius 3 is 2.47 bits per heavy atom. The van der Waals surface area contributed by atoms with Crippen molar-refractivity contribution in [3.8, 4) is 12.3 Å². The summed E-state index contributed by atoms with van der Waals surface area (Å²) in [5, 5.41) is 3.84. The number of hydrogen-bond acceptors (Lipinski definition) is 2. The number of halogens is 1. The van der Waals surface area contributed by atoms with E-state index in [1.165, 1.54) is 6.92 Å². The van der Waals surface area contributed by atoms with Crippen molar-refractivity contribution >= 4 is 23.5 Å². The number of alkyl halides is 1. The lowest BCUT2D eigenvalue weighted by Gasteiger charge is -2.23. The summed E-state index contributed by atoms with van der Waals surface area (Å²) in [7, 11) is 0. The Morgan fingerprint density at radius 2 is 2.13 bits per heavy atom. The Bertz CT molecular complexity index is 296. The van der Waals surface area contributed by atoms with Crippen LogP contribution in [0.4, 0.5) is 4.79 Å². The summed E-state index contributed by atoms with van der Waals surface area (Å²) in [6.45, 7) is 5.01. The van der Waals surface area contributed by atoms with Crippen LogP contribution >= 0.6 is 11.6 Å². The third-order valence-corrected chi connectivity index (χ3v) is 2.21. The minimum Gasteiger partial charge on any atom is -0.322 e. The zero-order valence-electron chi connectivity index (χ0n) is 9.06. The van der Waals surface area contributed by atoms with Crippen LogP contribution in [-0.4, -0.2) is 22.9 Å². The molecule has 84 valence electrons. The topological polar surface area (TPSA) is 58.2 Å². The third kappa shape index (κ3) is 4.71. The van der Waals surface area contributed by atoms with Crippen LogP contribution in [0.15, 0.2) is 0 Å². The Kier molecular flexibility index (Phi) is 5.16. The van der Waals surface area contributed by atoms with Crippen LogP contribution in [0.3, 0.4) is 0 Å². The predicted molar refractivity (Wildman–Crippen MR) is 59.5 cm³/mol. The lowest BCUT2D eigenvalue weighted by atomic mass is 10.0. The van der Waals surface area contributed by atoms with Crippen molar-refractivity contribution in [3.63, 3.8) is 0 Å². The zero-order chi connectivity index (χ0) is 12.1. The Hall–Kier alpha value is -1.21. The molecule has 3 amide bonds. The molecule has 2 N–H and O–H groups in total. The van der Waals surface area contributed by atoms with Crippen LogP contribution in [0.5, 0.6) is 0 Å². The molecular weight excluding hydrogens is 216 g/mol. The van der Waals surface area contributed by atoms with Gasteiger partial charge in [0, 0.05) is 0 Å². The van der Waals surface area contributed by atoms with Crippen molar-refractivity contribution in [2.24, 2.45) is 0 Å². The van der Waals surface area contributed by atoms with Crippen LogP contribution in [-0.2, 0) is 4.79 Å². The molecule has 0 aromatic heterocycles. The molecule has 0 rings (SSSR count). The van der Waals surface area contributed by atoms with E-state index in [1.807, 2.05) is 6.92 Å². The third-order valence-electron chi connectivity index (χ3n) is 2.01. The quantitative estimate of drug-likeness (QED) is 0.566. The van der Waals surface area contributed by atoms with Crippen molar-refractivity contribution in [3.05, 3.63) is 0 Å². The smallest absolute Gasteiger partial charge is 0.322 e. The van der Waals surface area contributed by atoms with Crippen LogP contribution in [0.2, 0.25) is 0 Å². The molecule has 0 fully saturated rings. The van der Waals surface area contributed by atoms with Crippen molar-refractivity contribution in [2.75, 3.05) is 0 Å². The molecule has 0 aliphatic rings. The summed E-state index contributed by atoms with van der Waals surface area (Å²) >= 11 is 5.48. The summed E-state index contributed by atoms with van der Waals surface area (Å²) in [6, 6.07) is -0.630. The highest BCUT2D eigenvalue weighted by Gasteiger charge is 2.22. The molecule has 0 heterocycles. The zero-order valence-corrected chi connectivity index (χ0v) is 9.81. The lowest BCUT2D eigenvalue weighted by Crippen LogP contribution is -2.51. The Balaban J connectivity index is 4.28. The molecule has 2 unspecified atom stereocenters. The highest BCUT2D eigenvalue weighted by molar-refractivity contribution is 6.31. The molecule has 4 nitrogen and oxygen atoms in total. The molecular formula is C10H15ClN2O2. The first-order chi connectivity index (χ1) is 6.84. The van der Waals surface area contributed by atoms with E-state index in [-0.39, 0.29) is 0 Å². The number of hydrogen-bond donors (Lipinski definition) is 2. The highest BCUT2D eigenvalue weighted by Crippen LogP contribution is 2.06. The van der Waals surface area contributed by atoms with Gasteiger partial charge >= 0.3 is 6.03 Å². The molecule has 0 saturated heterocycles. The molecule has 0 saturated carbocycles. The van der Waals surface area contributed by atoms with Gasteiger partial charge in [0.05, 0.1) is 5.54 Å². The maximum atomic E-state index is 11.3. The van der Waals surface area contributed by atoms with Crippen molar-refractivity contribution < 1.29 is 9.59 Å². The molecule has 2 atom stereocenters. The van der Waals surface area contributed by atoms with Gasteiger partial charge in [-0.2, -0.15) is 0 Å². The number of carbonyl (C=O) groups is 2. The normalized spacial score (nSPS) is 15.7. The largest absolute Gasteiger partial charge is 0.322 e. The van der Waals surface area contributed by atoms with Gasteiger partial charge in [0.15, 0.2) is 0 Å². The van der Waals surface area contributed by atoms with E-state index >= 15 is 0 Å². The minimum atomic E-state index is -0.755. The van der Waals surface area contributed by atoms with Gasteiger partial charge in [0.25, 0.3) is 0 Å². The molecule has 0 bridgehead atoms. The number of imide groups is 1. The second-order valence-corrected chi connectivity index (χ2v) is 4.04. The van der Waals surface area contributed by atoms with Gasteiger partial charge in [-0.25, -0.2) is 4.79 Å². The van der Waals surface area contributed by atoms with E-state index in [0.29, 0.717) is 6.42 Å². The fraction of sp³-hybridized carbons (Fsp3) is 0.600. The summed E-state index contributed by atoms with van der Waals surface area (Å²) < 4.78 is 0. The van der Waals surface area contributed by atoms with Gasteiger partial charge in [0.1, 0.15) is 5.38 Å². The van der Waals surface area contributed by atoms with Crippen LogP contribution in [0.1, 0.15) is 27.2 Å². The number of rotatable bonds is 3. The van der Waals surface area contributed by atoms with Gasteiger partial charge in [-0.3, -0.25) is 10.1 Å². The second-order valence-electron chi connectivity index (χ2n) is 3.39. The Labute approximate surface area is 94.7 Å². The van der Waals surface area contributed by atoms with Gasteiger partial charge < -0.3 is 5.32 Å². The van der Waals surface area contributed by atoms with E-state index in [9.17, 15) is 9.59 Å². The first kappa shape index (κ1) is 13.8. The van der Waals surface area contributed by atoms with Crippen LogP contribution < -0.4 is 10.6 Å². The average molecular weight is 231 g/mol. The van der Waals surface area contributed by atoms with E-state index in [0.717, 1.165) is 0 Å². The number of amides is 3. The molecule has 0 aliphatic carbocycles. The van der Waals surface area contributed by atoms with Crippen molar-refractivity contribution in [1.29, 1.82) is 0 Å². The van der Waals surface area contributed by atoms with E-state index in [4.69, 9.17) is 18.0 Å². The van der Waals surface area contributed by atoms with Gasteiger partial charge in [0.2, 0.25) is 5.91 Å². The monoisotopic (exact) mass is 230 g/mol. The Morgan fingerprint density at radius 1 is 1.60 bits per heavy atom. The van der Waals surface area contributed by atoms with Crippen LogP contribution in [0.25, 0.3) is 0 Å². The SMILES string of the molecule is C#CC(C)(CC)NC(=O)NC(=O)C(C)Cl. The van der Waals surface area contributed by atoms with Gasteiger partial charge in [-0.15, -0.1) is 18.0 Å². The molecule has 0 aromatic carbocycles. The molecule has 0 aromatic rings. The fourth-order valence-corrected chi connectivity index (χ4v) is 0.774. The fourth-order valence-electron chi connectivity index (χ4n) is 0.720. The highest BCUT2D eigenvalue weighted by atomic mass is 35.5. The first-order valence-corrected chi connectivity index (χ1v) is 5.03. The molecule has 0 spiro atoms. The van der Waals surface area contributed by atoms with Crippen LogP contribution in [0, 0.1) is 12.3 Å². The summed E-state index contributed by atoms with van der Waals surface area (Å²) in [5.74, 6) is 1.89. The standard InChI is InChI=1S/C10H15ClN2O2/c1-5-10(4,6-2)13-9(15)12-8(14)7(3)11/h1,7H,6H2,2-4H3,(H2,12,13,14,15). The van der Waals surface area contributed by atoms with Gasteiger partial charge in [-0.05, 0) is 20.3 Å². The molecule has 0 radical (unpaired) electrons. The first-order valence-electron chi connectivity index (χ1n) is 4.59. The summed E-state index contributed by atoms with van der Waals surface area (Å²) in [6.07, 6.45) is 5.82.